The second-order valence-electron chi connectivity index (χ2n) is 13.3. The van der Waals surface area contributed by atoms with Crippen molar-refractivity contribution < 1.29 is 0 Å². The molecule has 0 amide bonds. The van der Waals surface area contributed by atoms with E-state index in [0.717, 1.165) is 22.7 Å². The molecule has 2 nitrogen and oxygen atoms in total. The van der Waals surface area contributed by atoms with Crippen LogP contribution in [0.2, 0.25) is 0 Å². The minimum atomic E-state index is 1.14. The molecule has 8 aromatic carbocycles. The third-order valence-corrected chi connectivity index (χ3v) is 9.76. The molecule has 8 rings (SSSR count). The number of anilines is 6. The molecule has 0 radical (unpaired) electrons. The van der Waals surface area contributed by atoms with Gasteiger partial charge in [-0.3, -0.25) is 0 Å². The quantitative estimate of drug-likeness (QED) is 0.170. The largest absolute Gasteiger partial charge is 0.310 e. The molecule has 8 aromatic rings. The van der Waals surface area contributed by atoms with Crippen molar-refractivity contribution in [2.75, 3.05) is 9.80 Å². The molecule has 0 aliphatic heterocycles. The van der Waals surface area contributed by atoms with E-state index in [4.69, 9.17) is 0 Å². The Labute approximate surface area is 295 Å². The number of rotatable bonds is 7. The van der Waals surface area contributed by atoms with Crippen LogP contribution in [0.1, 0.15) is 22.3 Å². The Hall–Kier alpha value is -6.12. The van der Waals surface area contributed by atoms with E-state index in [-0.39, 0.29) is 0 Å². The molecule has 50 heavy (non-hydrogen) atoms. The number of hydrogen-bond acceptors (Lipinski definition) is 2. The van der Waals surface area contributed by atoms with Crippen LogP contribution in [0.3, 0.4) is 0 Å². The minimum absolute atomic E-state index is 1.14. The second kappa shape index (κ2) is 13.1. The van der Waals surface area contributed by atoms with Gasteiger partial charge in [-0.15, -0.1) is 0 Å². The van der Waals surface area contributed by atoms with Crippen LogP contribution in [0.15, 0.2) is 170 Å². The Balaban J connectivity index is 1.38. The summed E-state index contributed by atoms with van der Waals surface area (Å²) in [6.07, 6.45) is 0. The van der Waals surface area contributed by atoms with Crippen molar-refractivity contribution >= 4 is 55.7 Å². The molecule has 0 saturated heterocycles. The molecular formula is C48H40N2. The van der Waals surface area contributed by atoms with E-state index in [1.165, 1.54) is 66.3 Å². The topological polar surface area (TPSA) is 6.48 Å². The number of nitrogens with zero attached hydrogens (tertiary/aromatic N) is 2. The first-order valence-electron chi connectivity index (χ1n) is 17.4. The third kappa shape index (κ3) is 5.59. The van der Waals surface area contributed by atoms with Gasteiger partial charge < -0.3 is 9.80 Å². The summed E-state index contributed by atoms with van der Waals surface area (Å²) in [5, 5.41) is 4.92. The molecule has 0 aliphatic rings. The summed E-state index contributed by atoms with van der Waals surface area (Å²) in [5.74, 6) is 0. The molecule has 0 fully saturated rings. The van der Waals surface area contributed by atoms with E-state index in [2.05, 4.69) is 207 Å². The van der Waals surface area contributed by atoms with Gasteiger partial charge in [0.15, 0.2) is 0 Å². The molecule has 2 heteroatoms. The maximum absolute atomic E-state index is 2.41. The Kier molecular flexibility index (Phi) is 8.14. The van der Waals surface area contributed by atoms with Crippen molar-refractivity contribution in [1.29, 1.82) is 0 Å². The van der Waals surface area contributed by atoms with Crippen LogP contribution < -0.4 is 9.80 Å². The first-order chi connectivity index (χ1) is 24.5. The molecule has 0 N–H and O–H groups in total. The number of aryl methyl sites for hydroxylation is 4. The van der Waals surface area contributed by atoms with Crippen LogP contribution in [0.4, 0.5) is 34.1 Å². The maximum atomic E-state index is 2.41. The minimum Gasteiger partial charge on any atom is -0.310 e. The van der Waals surface area contributed by atoms with Gasteiger partial charge in [0.25, 0.3) is 0 Å². The van der Waals surface area contributed by atoms with Crippen LogP contribution in [0.5, 0.6) is 0 Å². The van der Waals surface area contributed by atoms with Gasteiger partial charge in [0.05, 0.1) is 11.4 Å². The van der Waals surface area contributed by atoms with Crippen LogP contribution in [-0.2, 0) is 0 Å². The molecule has 0 saturated carbocycles. The van der Waals surface area contributed by atoms with Gasteiger partial charge in [0, 0.05) is 33.5 Å². The van der Waals surface area contributed by atoms with E-state index in [0.29, 0.717) is 0 Å². The van der Waals surface area contributed by atoms with E-state index in [1.807, 2.05) is 0 Å². The highest BCUT2D eigenvalue weighted by atomic mass is 15.2. The fourth-order valence-corrected chi connectivity index (χ4v) is 7.39. The van der Waals surface area contributed by atoms with Crippen molar-refractivity contribution in [1.82, 2.24) is 0 Å². The van der Waals surface area contributed by atoms with Crippen LogP contribution >= 0.6 is 0 Å². The van der Waals surface area contributed by atoms with E-state index >= 15 is 0 Å². The number of hydrogen-bond donors (Lipinski definition) is 0. The average Bonchev–Trinajstić information content (AvgIpc) is 3.15. The summed E-state index contributed by atoms with van der Waals surface area (Å²) >= 11 is 0. The predicted octanol–water partition coefficient (Wildman–Crippen LogP) is 13.8. The van der Waals surface area contributed by atoms with Crippen molar-refractivity contribution in [3.63, 3.8) is 0 Å². The first-order valence-corrected chi connectivity index (χ1v) is 17.4. The van der Waals surface area contributed by atoms with Crippen molar-refractivity contribution in [2.45, 2.75) is 27.7 Å². The molecule has 0 bridgehead atoms. The Morgan fingerprint density at radius 3 is 0.960 bits per heavy atom. The second-order valence-corrected chi connectivity index (χ2v) is 13.3. The van der Waals surface area contributed by atoms with Gasteiger partial charge in [0.1, 0.15) is 0 Å². The summed E-state index contributed by atoms with van der Waals surface area (Å²) in [6, 6.07) is 61.7. The molecular weight excluding hydrogens is 605 g/mol. The SMILES string of the molecule is Cc1ccc(N(c2ccccc2)c2c(C)cc(-c3cc(C)c(N(c4ccccc4)c4ccc(C)cc4)c4ccccc34)c3ccccc23)cc1. The molecule has 0 unspecified atom stereocenters. The fourth-order valence-electron chi connectivity index (χ4n) is 7.39. The highest BCUT2D eigenvalue weighted by molar-refractivity contribution is 6.14. The van der Waals surface area contributed by atoms with Crippen LogP contribution in [-0.4, -0.2) is 0 Å². The smallest absolute Gasteiger partial charge is 0.0569 e. The van der Waals surface area contributed by atoms with E-state index in [1.54, 1.807) is 0 Å². The summed E-state index contributed by atoms with van der Waals surface area (Å²) in [6.45, 7) is 8.80. The predicted molar refractivity (Wildman–Crippen MR) is 215 cm³/mol. The third-order valence-electron chi connectivity index (χ3n) is 9.76. The highest BCUT2D eigenvalue weighted by Gasteiger charge is 2.23. The van der Waals surface area contributed by atoms with Gasteiger partial charge in [-0.1, -0.05) is 120 Å². The average molecular weight is 645 g/mol. The van der Waals surface area contributed by atoms with Crippen molar-refractivity contribution in [2.24, 2.45) is 0 Å². The van der Waals surface area contributed by atoms with Gasteiger partial charge in [-0.05, 0) is 121 Å². The van der Waals surface area contributed by atoms with E-state index in [9.17, 15) is 0 Å². The lowest BCUT2D eigenvalue weighted by Crippen LogP contribution is -2.13. The maximum Gasteiger partial charge on any atom is 0.0569 e. The first kappa shape index (κ1) is 31.2. The molecule has 0 spiro atoms. The number of para-hydroxylation sites is 2. The lowest BCUT2D eigenvalue weighted by Gasteiger charge is -2.30. The molecule has 242 valence electrons. The summed E-state index contributed by atoms with van der Waals surface area (Å²) in [5.41, 5.74) is 14.4. The highest BCUT2D eigenvalue weighted by Crippen LogP contribution is 2.48. The Morgan fingerprint density at radius 2 is 0.600 bits per heavy atom. The fraction of sp³-hybridized carbons (Fsp3) is 0.0833. The van der Waals surface area contributed by atoms with Gasteiger partial charge in [-0.25, -0.2) is 0 Å². The van der Waals surface area contributed by atoms with Crippen LogP contribution in [0.25, 0.3) is 32.7 Å². The van der Waals surface area contributed by atoms with Gasteiger partial charge in [-0.2, -0.15) is 0 Å². The molecule has 0 heterocycles. The lowest BCUT2D eigenvalue weighted by atomic mass is 9.88. The zero-order valence-electron chi connectivity index (χ0n) is 29.1. The normalized spacial score (nSPS) is 11.2. The Bertz CT molecular complexity index is 2270. The molecule has 0 aromatic heterocycles. The summed E-state index contributed by atoms with van der Waals surface area (Å²) in [4.78, 5) is 4.82. The van der Waals surface area contributed by atoms with Crippen LogP contribution in [0, 0.1) is 27.7 Å². The Morgan fingerprint density at radius 1 is 0.300 bits per heavy atom. The summed E-state index contributed by atoms with van der Waals surface area (Å²) < 4.78 is 0. The van der Waals surface area contributed by atoms with E-state index < -0.39 is 0 Å². The zero-order chi connectivity index (χ0) is 34.2. The standard InChI is InChI=1S/C48H40N2/c1-33-23-27-39(28-24-33)49(37-15-7-5-8-16-37)47-35(3)31-45(41-19-11-13-21-43(41)47)46-32-36(4)48(44-22-14-12-20-42(44)46)50(38-17-9-6-10-18-38)40-29-25-34(2)26-30-40/h5-32H,1-4H3. The van der Waals surface area contributed by atoms with Crippen molar-refractivity contribution in [3.05, 3.63) is 192 Å². The monoisotopic (exact) mass is 644 g/mol. The summed E-state index contributed by atoms with van der Waals surface area (Å²) in [7, 11) is 0. The molecule has 0 atom stereocenters. The van der Waals surface area contributed by atoms with Gasteiger partial charge in [0.2, 0.25) is 0 Å². The number of benzene rings is 8. The zero-order valence-corrected chi connectivity index (χ0v) is 29.1. The lowest BCUT2D eigenvalue weighted by molar-refractivity contribution is 1.26. The number of fused-ring (bicyclic) bond motifs is 2. The van der Waals surface area contributed by atoms with Gasteiger partial charge >= 0.3 is 0 Å². The van der Waals surface area contributed by atoms with Crippen molar-refractivity contribution in [3.8, 4) is 11.1 Å². The molecule has 0 aliphatic carbocycles.